The number of phenols is 4. The molecule has 0 aliphatic heterocycles. The number of aryl methyl sites for hydroxylation is 2. The van der Waals surface area contributed by atoms with Gasteiger partial charge >= 0.3 is 0 Å². The van der Waals surface area contributed by atoms with E-state index in [9.17, 15) is 20.4 Å². The largest absolute Gasteiger partial charge is 0.507 e. The first-order valence-electron chi connectivity index (χ1n) is 25.6. The average Bonchev–Trinajstić information content (AvgIpc) is 3.33. The molecule has 4 aromatic carbocycles. The van der Waals surface area contributed by atoms with E-state index in [2.05, 4.69) is 62.4 Å². The molecule has 6 nitrogen and oxygen atoms in total. The van der Waals surface area contributed by atoms with Crippen LogP contribution in [0.4, 0.5) is 0 Å². The second-order valence-corrected chi connectivity index (χ2v) is 20.3. The average molecular weight is 871 g/mol. The van der Waals surface area contributed by atoms with E-state index >= 15 is 0 Å². The Kier molecular flexibility index (Phi) is 15.7. The Hall–Kier alpha value is -4.00. The van der Waals surface area contributed by atoms with E-state index in [4.69, 9.17) is 9.47 Å². The fraction of sp³-hybridized carbons (Fsp3) is 0.586. The number of ether oxygens (including phenoxy) is 2. The number of methoxy groups -OCH3 is 2. The van der Waals surface area contributed by atoms with Crippen molar-refractivity contribution in [1.29, 1.82) is 0 Å². The van der Waals surface area contributed by atoms with E-state index in [0.717, 1.165) is 133 Å². The first kappa shape index (κ1) is 46.5. The summed E-state index contributed by atoms with van der Waals surface area (Å²) in [6.07, 6.45) is 24.1. The fourth-order valence-electron chi connectivity index (χ4n) is 12.8. The van der Waals surface area contributed by atoms with Gasteiger partial charge in [0.05, 0.1) is 13.2 Å². The van der Waals surface area contributed by atoms with Crippen LogP contribution in [-0.4, -0.2) is 34.6 Å². The molecule has 8 rings (SSSR count). The Morgan fingerprint density at radius 3 is 0.844 bits per heavy atom. The van der Waals surface area contributed by atoms with Crippen LogP contribution in [0.25, 0.3) is 0 Å². The van der Waals surface area contributed by atoms with Gasteiger partial charge in [-0.25, -0.2) is 0 Å². The first-order valence-corrected chi connectivity index (χ1v) is 25.6. The second-order valence-electron chi connectivity index (χ2n) is 20.3. The smallest absolute Gasteiger partial charge is 0.124 e. The first-order chi connectivity index (χ1) is 31.2. The van der Waals surface area contributed by atoms with Crippen molar-refractivity contribution in [2.24, 2.45) is 0 Å². The zero-order valence-corrected chi connectivity index (χ0v) is 39.7. The van der Waals surface area contributed by atoms with Crippen molar-refractivity contribution in [2.45, 2.75) is 204 Å². The Balaban J connectivity index is 1.48. The van der Waals surface area contributed by atoms with Crippen LogP contribution in [0.1, 0.15) is 245 Å². The van der Waals surface area contributed by atoms with Gasteiger partial charge in [-0.3, -0.25) is 0 Å². The van der Waals surface area contributed by atoms with Crippen LogP contribution in [0, 0.1) is 0 Å². The molecule has 0 aromatic heterocycles. The molecule has 4 fully saturated rings. The molecular formula is C58H78O6. The molecule has 0 radical (unpaired) electrons. The molecule has 4 aliphatic rings. The van der Waals surface area contributed by atoms with E-state index in [0.29, 0.717) is 60.9 Å². The summed E-state index contributed by atoms with van der Waals surface area (Å²) in [7, 11) is 3.43. The zero-order valence-electron chi connectivity index (χ0n) is 39.7. The van der Waals surface area contributed by atoms with E-state index in [1.54, 1.807) is 14.2 Å². The molecule has 346 valence electrons. The molecule has 0 heterocycles. The summed E-state index contributed by atoms with van der Waals surface area (Å²) in [5.74, 6) is 2.21. The number of benzene rings is 4. The summed E-state index contributed by atoms with van der Waals surface area (Å²) in [6, 6.07) is 18.4. The zero-order chi connectivity index (χ0) is 44.7. The number of phenolic OH excluding ortho intramolecular Hbond substituents is 4. The summed E-state index contributed by atoms with van der Waals surface area (Å²) >= 11 is 0. The highest BCUT2D eigenvalue weighted by molar-refractivity contribution is 5.59. The van der Waals surface area contributed by atoms with Gasteiger partial charge in [0.2, 0.25) is 0 Å². The van der Waals surface area contributed by atoms with Crippen LogP contribution < -0.4 is 0 Å². The van der Waals surface area contributed by atoms with Crippen LogP contribution in [0.2, 0.25) is 0 Å². The quantitative estimate of drug-likeness (QED) is 0.0950. The number of hydrogen-bond acceptors (Lipinski definition) is 6. The molecule has 4 saturated carbocycles. The summed E-state index contributed by atoms with van der Waals surface area (Å²) in [4.78, 5) is 0. The summed E-state index contributed by atoms with van der Waals surface area (Å²) in [6.45, 7) is 4.91. The van der Waals surface area contributed by atoms with E-state index < -0.39 is 0 Å². The van der Waals surface area contributed by atoms with E-state index in [1.807, 2.05) is 0 Å². The molecule has 4 aliphatic carbocycles. The minimum absolute atomic E-state index is 0.236. The van der Waals surface area contributed by atoms with Gasteiger partial charge in [-0.15, -0.1) is 0 Å². The number of aromatic hydroxyl groups is 4. The lowest BCUT2D eigenvalue weighted by Crippen LogP contribution is -2.19. The van der Waals surface area contributed by atoms with Crippen molar-refractivity contribution in [3.05, 3.63) is 115 Å². The molecule has 4 aromatic rings. The number of rotatable bonds is 15. The van der Waals surface area contributed by atoms with Gasteiger partial charge in [0.15, 0.2) is 0 Å². The molecule has 0 saturated heterocycles. The maximum absolute atomic E-state index is 12.2. The molecule has 0 bridgehead atoms. The lowest BCUT2D eigenvalue weighted by atomic mass is 9.69. The third kappa shape index (κ3) is 9.90. The Morgan fingerprint density at radius 2 is 0.609 bits per heavy atom. The van der Waals surface area contributed by atoms with Crippen molar-refractivity contribution in [2.75, 3.05) is 14.2 Å². The van der Waals surface area contributed by atoms with Gasteiger partial charge in [0.25, 0.3) is 0 Å². The molecule has 0 spiro atoms. The maximum atomic E-state index is 12.2. The minimum Gasteiger partial charge on any atom is -0.507 e. The van der Waals surface area contributed by atoms with Crippen LogP contribution in [0.15, 0.2) is 48.5 Å². The van der Waals surface area contributed by atoms with Crippen molar-refractivity contribution in [1.82, 2.24) is 0 Å². The normalized spacial score (nSPS) is 18.7. The van der Waals surface area contributed by atoms with Crippen molar-refractivity contribution in [3.63, 3.8) is 0 Å². The summed E-state index contributed by atoms with van der Waals surface area (Å²) in [5, 5.41) is 48.6. The minimum atomic E-state index is -0.265. The summed E-state index contributed by atoms with van der Waals surface area (Å²) < 4.78 is 11.7. The Morgan fingerprint density at radius 1 is 0.375 bits per heavy atom. The molecular weight excluding hydrogens is 793 g/mol. The highest BCUT2D eigenvalue weighted by Gasteiger charge is 2.36. The van der Waals surface area contributed by atoms with Crippen molar-refractivity contribution >= 4 is 0 Å². The van der Waals surface area contributed by atoms with Crippen molar-refractivity contribution < 1.29 is 29.9 Å². The Labute approximate surface area is 384 Å². The highest BCUT2D eigenvalue weighted by atomic mass is 16.5. The van der Waals surface area contributed by atoms with E-state index in [1.165, 1.54) is 62.5 Å². The monoisotopic (exact) mass is 871 g/mol. The Bertz CT molecular complexity index is 2030. The number of hydrogen-bond donors (Lipinski definition) is 4. The predicted molar refractivity (Wildman–Crippen MR) is 260 cm³/mol. The third-order valence-corrected chi connectivity index (χ3v) is 16.3. The lowest BCUT2D eigenvalue weighted by molar-refractivity contribution is 0.181. The lowest BCUT2D eigenvalue weighted by Gasteiger charge is -2.35. The standard InChI is InChI=1S/C58H78O6/c1-5-37-27-43(31-49(55(37)59)39-19-11-7-12-20-39)53(44-28-38(6-2)56(60)50(32-44)40-21-13-8-14-22-40)54(45-29-47(35-63-3)57(61)51(33-45)41-23-15-9-16-24-41)46-30-48(36-64-4)58(62)52(34-46)42-25-17-10-18-26-42/h27-34,39-42,53-54,59-62H,5-26,35-36H2,1-4H3. The predicted octanol–water partition coefficient (Wildman–Crippen LogP) is 15.1. The van der Waals surface area contributed by atoms with Crippen LogP contribution in [0.3, 0.4) is 0 Å². The SMILES string of the molecule is CCc1cc(C(c2cc(CC)c(O)c(C3CCCCC3)c2)C(c2cc(COC)c(O)c(C3CCCCC3)c2)c2cc(COC)c(O)c(C3CCCCC3)c2)cc(C2CCCCC2)c1O. The molecule has 64 heavy (non-hydrogen) atoms. The van der Waals surface area contributed by atoms with Gasteiger partial charge < -0.3 is 29.9 Å². The topological polar surface area (TPSA) is 99.4 Å². The molecule has 0 amide bonds. The third-order valence-electron chi connectivity index (χ3n) is 16.3. The molecule has 0 unspecified atom stereocenters. The van der Waals surface area contributed by atoms with Crippen LogP contribution >= 0.6 is 0 Å². The second kappa shape index (κ2) is 21.5. The molecule has 4 N–H and O–H groups in total. The highest BCUT2D eigenvalue weighted by Crippen LogP contribution is 2.53. The summed E-state index contributed by atoms with van der Waals surface area (Å²) in [5.41, 5.74) is 12.3. The van der Waals surface area contributed by atoms with Gasteiger partial charge in [0.1, 0.15) is 23.0 Å². The van der Waals surface area contributed by atoms with Gasteiger partial charge in [0, 0.05) is 37.2 Å². The van der Waals surface area contributed by atoms with Gasteiger partial charge in [-0.1, -0.05) is 127 Å². The van der Waals surface area contributed by atoms with E-state index in [-0.39, 0.29) is 23.7 Å². The maximum Gasteiger partial charge on any atom is 0.124 e. The molecule has 6 heteroatoms. The van der Waals surface area contributed by atoms with Crippen LogP contribution in [0.5, 0.6) is 23.0 Å². The van der Waals surface area contributed by atoms with Crippen molar-refractivity contribution in [3.8, 4) is 23.0 Å². The fourth-order valence-corrected chi connectivity index (χ4v) is 12.8. The van der Waals surface area contributed by atoms with Gasteiger partial charge in [-0.2, -0.15) is 0 Å². The van der Waals surface area contributed by atoms with Gasteiger partial charge in [-0.05, 0) is 156 Å². The molecule has 0 atom stereocenters. The van der Waals surface area contributed by atoms with Crippen LogP contribution in [-0.2, 0) is 35.5 Å².